The summed E-state index contributed by atoms with van der Waals surface area (Å²) in [6, 6.07) is 0. The molecule has 0 aliphatic heterocycles. The Labute approximate surface area is 382 Å². The third-order valence-electron chi connectivity index (χ3n) is 13.2. The van der Waals surface area contributed by atoms with Crippen molar-refractivity contribution >= 4 is 11.9 Å². The van der Waals surface area contributed by atoms with E-state index in [1.807, 2.05) is 0 Å². The highest BCUT2D eigenvalue weighted by molar-refractivity contribution is 5.70. The third-order valence-corrected chi connectivity index (χ3v) is 13.2. The molecule has 0 fully saturated rings. The second-order valence-corrected chi connectivity index (χ2v) is 19.4. The molecule has 5 nitrogen and oxygen atoms in total. The molecule has 1 atom stereocenters. The van der Waals surface area contributed by atoms with Crippen molar-refractivity contribution in [2.75, 3.05) is 13.2 Å². The number of rotatable bonds is 53. The summed E-state index contributed by atoms with van der Waals surface area (Å²) in [7, 11) is 0. The molecule has 0 rings (SSSR count). The van der Waals surface area contributed by atoms with Crippen LogP contribution in [0.4, 0.5) is 0 Å². The van der Waals surface area contributed by atoms with Gasteiger partial charge in [0.25, 0.3) is 0 Å². The first kappa shape index (κ1) is 59.9. The van der Waals surface area contributed by atoms with Gasteiger partial charge in [-0.05, 0) is 12.8 Å². The van der Waals surface area contributed by atoms with Gasteiger partial charge in [-0.1, -0.05) is 303 Å². The lowest BCUT2D eigenvalue weighted by molar-refractivity contribution is -0.161. The van der Waals surface area contributed by atoms with Crippen molar-refractivity contribution < 1.29 is 24.2 Å². The molecule has 0 saturated heterocycles. The lowest BCUT2D eigenvalue weighted by Gasteiger charge is -2.15. The van der Waals surface area contributed by atoms with E-state index in [0.29, 0.717) is 12.8 Å². The predicted molar refractivity (Wildman–Crippen MR) is 266 cm³/mol. The topological polar surface area (TPSA) is 72.8 Å². The minimum atomic E-state index is -0.764. The Morgan fingerprint density at radius 1 is 0.311 bits per heavy atom. The van der Waals surface area contributed by atoms with Gasteiger partial charge in [0.2, 0.25) is 0 Å². The molecule has 0 bridgehead atoms. The van der Waals surface area contributed by atoms with E-state index < -0.39 is 6.10 Å². The van der Waals surface area contributed by atoms with Crippen molar-refractivity contribution in [2.24, 2.45) is 0 Å². The molecule has 1 N–H and O–H groups in total. The normalized spacial score (nSPS) is 12.0. The molecule has 364 valence electrons. The maximum atomic E-state index is 12.3. The van der Waals surface area contributed by atoms with Gasteiger partial charge in [-0.25, -0.2) is 0 Å². The van der Waals surface area contributed by atoms with E-state index in [1.54, 1.807) is 0 Å². The smallest absolute Gasteiger partial charge is 0.306 e. The van der Waals surface area contributed by atoms with Gasteiger partial charge in [0.05, 0.1) is 6.61 Å². The van der Waals surface area contributed by atoms with Gasteiger partial charge in [0.1, 0.15) is 6.61 Å². The highest BCUT2D eigenvalue weighted by Gasteiger charge is 2.16. The minimum Gasteiger partial charge on any atom is -0.462 e. The fourth-order valence-electron chi connectivity index (χ4n) is 8.91. The maximum Gasteiger partial charge on any atom is 0.306 e. The standard InChI is InChI=1S/C56H110O5/c1-3-5-7-9-11-13-15-17-19-21-23-25-27-29-31-33-35-37-39-41-43-45-47-49-51-56(59)61-54(52-57)53-60-55(58)50-48-46-44-42-40-38-36-34-32-30-28-26-24-22-20-18-16-14-12-10-8-6-4-2/h54,57H,3-53H2,1-2H3. The predicted octanol–water partition coefficient (Wildman–Crippen LogP) is 18.6. The summed E-state index contributed by atoms with van der Waals surface area (Å²) in [5.41, 5.74) is 0. The molecule has 0 aliphatic rings. The van der Waals surface area contributed by atoms with Gasteiger partial charge in [0.15, 0.2) is 6.10 Å². The van der Waals surface area contributed by atoms with Crippen LogP contribution in [0.3, 0.4) is 0 Å². The van der Waals surface area contributed by atoms with Crippen molar-refractivity contribution in [2.45, 2.75) is 335 Å². The summed E-state index contributed by atoms with van der Waals surface area (Å²) in [5, 5.41) is 9.65. The molecule has 0 aromatic rings. The van der Waals surface area contributed by atoms with Gasteiger partial charge >= 0.3 is 11.9 Å². The van der Waals surface area contributed by atoms with E-state index in [-0.39, 0.29) is 25.2 Å². The molecule has 0 heterocycles. The summed E-state index contributed by atoms with van der Waals surface area (Å²) < 4.78 is 10.7. The first-order valence-electron chi connectivity index (χ1n) is 28.1. The van der Waals surface area contributed by atoms with E-state index in [0.717, 1.165) is 32.1 Å². The number of hydrogen-bond acceptors (Lipinski definition) is 5. The van der Waals surface area contributed by atoms with Crippen molar-refractivity contribution in [3.05, 3.63) is 0 Å². The minimum absolute atomic E-state index is 0.0557. The molecule has 0 aromatic heterocycles. The fourth-order valence-corrected chi connectivity index (χ4v) is 8.91. The molecule has 0 spiro atoms. The lowest BCUT2D eigenvalue weighted by atomic mass is 10.0. The van der Waals surface area contributed by atoms with Gasteiger partial charge in [-0.3, -0.25) is 9.59 Å². The molecule has 0 saturated carbocycles. The van der Waals surface area contributed by atoms with Crippen LogP contribution in [0.15, 0.2) is 0 Å². The highest BCUT2D eigenvalue weighted by Crippen LogP contribution is 2.18. The Bertz CT molecular complexity index is 845. The summed E-state index contributed by atoms with van der Waals surface area (Å²) in [6.45, 7) is 4.21. The zero-order valence-electron chi connectivity index (χ0n) is 41.7. The van der Waals surface area contributed by atoms with Crippen LogP contribution in [0.1, 0.15) is 328 Å². The molecule has 1 unspecified atom stereocenters. The molecule has 5 heteroatoms. The SMILES string of the molecule is CCCCCCCCCCCCCCCCCCCCCCCCCCC(=O)OC(CO)COC(=O)CCCCCCCCCCCCCCCCCCCCCCCCC. The average Bonchev–Trinajstić information content (AvgIpc) is 3.26. The molecule has 0 aliphatic carbocycles. The first-order valence-corrected chi connectivity index (χ1v) is 28.1. The van der Waals surface area contributed by atoms with Crippen molar-refractivity contribution in [3.8, 4) is 0 Å². The maximum absolute atomic E-state index is 12.3. The van der Waals surface area contributed by atoms with Crippen LogP contribution < -0.4 is 0 Å². The number of carbonyl (C=O) groups is 2. The van der Waals surface area contributed by atoms with Crippen LogP contribution in [-0.4, -0.2) is 36.4 Å². The second kappa shape index (κ2) is 53.2. The van der Waals surface area contributed by atoms with E-state index in [9.17, 15) is 14.7 Å². The third kappa shape index (κ3) is 51.4. The Morgan fingerprint density at radius 3 is 0.721 bits per heavy atom. The number of aliphatic hydroxyl groups excluding tert-OH is 1. The molecule has 61 heavy (non-hydrogen) atoms. The fraction of sp³-hybridized carbons (Fsp3) is 0.964. The van der Waals surface area contributed by atoms with Crippen LogP contribution in [0, 0.1) is 0 Å². The molecular formula is C56H110O5. The highest BCUT2D eigenvalue weighted by atomic mass is 16.6. The van der Waals surface area contributed by atoms with Crippen molar-refractivity contribution in [1.82, 2.24) is 0 Å². The molecule has 0 radical (unpaired) electrons. The largest absolute Gasteiger partial charge is 0.462 e. The van der Waals surface area contributed by atoms with Crippen LogP contribution in [0.5, 0.6) is 0 Å². The average molecular weight is 863 g/mol. The molecular weight excluding hydrogens is 753 g/mol. The Balaban J connectivity index is 3.40. The van der Waals surface area contributed by atoms with Gasteiger partial charge < -0.3 is 14.6 Å². The Morgan fingerprint density at radius 2 is 0.508 bits per heavy atom. The number of ether oxygens (including phenoxy) is 2. The number of aliphatic hydroxyl groups is 1. The summed E-state index contributed by atoms with van der Waals surface area (Å²) in [4.78, 5) is 24.5. The van der Waals surface area contributed by atoms with Crippen LogP contribution in [0.2, 0.25) is 0 Å². The zero-order chi connectivity index (χ0) is 44.2. The first-order chi connectivity index (χ1) is 30.1. The molecule has 0 aromatic carbocycles. The van der Waals surface area contributed by atoms with E-state index in [4.69, 9.17) is 9.47 Å². The van der Waals surface area contributed by atoms with Crippen molar-refractivity contribution in [3.63, 3.8) is 0 Å². The Kier molecular flexibility index (Phi) is 52.3. The zero-order valence-corrected chi connectivity index (χ0v) is 41.7. The lowest BCUT2D eigenvalue weighted by Crippen LogP contribution is -2.28. The van der Waals surface area contributed by atoms with Crippen LogP contribution in [-0.2, 0) is 19.1 Å². The quantitative estimate of drug-likeness (QED) is 0.0487. The summed E-state index contributed by atoms with van der Waals surface area (Å²) in [5.74, 6) is -0.563. The van der Waals surface area contributed by atoms with Crippen LogP contribution in [0.25, 0.3) is 0 Å². The second-order valence-electron chi connectivity index (χ2n) is 19.4. The number of esters is 2. The van der Waals surface area contributed by atoms with Crippen LogP contribution >= 0.6 is 0 Å². The number of hydrogen-bond donors (Lipinski definition) is 1. The number of carbonyl (C=O) groups excluding carboxylic acids is 2. The summed E-state index contributed by atoms with van der Waals surface area (Å²) >= 11 is 0. The van der Waals surface area contributed by atoms with E-state index in [2.05, 4.69) is 13.8 Å². The number of unbranched alkanes of at least 4 members (excludes halogenated alkanes) is 45. The summed E-state index contributed by atoms with van der Waals surface area (Å²) in [6.07, 6.45) is 63.7. The van der Waals surface area contributed by atoms with E-state index >= 15 is 0 Å². The van der Waals surface area contributed by atoms with E-state index in [1.165, 1.54) is 270 Å². The van der Waals surface area contributed by atoms with Gasteiger partial charge in [-0.15, -0.1) is 0 Å². The van der Waals surface area contributed by atoms with Gasteiger partial charge in [0, 0.05) is 12.8 Å². The molecule has 0 amide bonds. The monoisotopic (exact) mass is 863 g/mol. The van der Waals surface area contributed by atoms with Gasteiger partial charge in [-0.2, -0.15) is 0 Å². The Hall–Kier alpha value is -1.10. The van der Waals surface area contributed by atoms with Crippen molar-refractivity contribution in [1.29, 1.82) is 0 Å².